The van der Waals surface area contributed by atoms with Gasteiger partial charge in [0.2, 0.25) is 0 Å². The highest BCUT2D eigenvalue weighted by molar-refractivity contribution is 5.35. The Morgan fingerprint density at radius 2 is 1.94 bits per heavy atom. The van der Waals surface area contributed by atoms with E-state index >= 15 is 0 Å². The minimum atomic E-state index is 0.599. The lowest BCUT2D eigenvalue weighted by atomic mass is 9.93. The van der Waals surface area contributed by atoms with Crippen molar-refractivity contribution in [2.45, 2.75) is 52.5 Å². The molecule has 1 aliphatic rings. The van der Waals surface area contributed by atoms with E-state index in [1.54, 1.807) is 5.56 Å². The summed E-state index contributed by atoms with van der Waals surface area (Å²) in [5.74, 6) is 0.882. The van der Waals surface area contributed by atoms with Crippen LogP contribution in [0.4, 0.5) is 0 Å². The van der Waals surface area contributed by atoms with Crippen molar-refractivity contribution in [3.63, 3.8) is 0 Å². The molecular formula is C16H25N. The molecule has 0 saturated heterocycles. The lowest BCUT2D eigenvalue weighted by Crippen LogP contribution is -2.24. The zero-order valence-electron chi connectivity index (χ0n) is 11.4. The maximum atomic E-state index is 3.69. The van der Waals surface area contributed by atoms with Crippen molar-refractivity contribution in [2.75, 3.05) is 6.54 Å². The van der Waals surface area contributed by atoms with Gasteiger partial charge in [0.05, 0.1) is 0 Å². The molecule has 1 aliphatic carbocycles. The Hall–Kier alpha value is -0.820. The monoisotopic (exact) mass is 231 g/mol. The van der Waals surface area contributed by atoms with Gasteiger partial charge in [0, 0.05) is 6.04 Å². The maximum Gasteiger partial charge on any atom is 0.0351 e. The van der Waals surface area contributed by atoms with Gasteiger partial charge < -0.3 is 5.32 Å². The van der Waals surface area contributed by atoms with Gasteiger partial charge in [0.1, 0.15) is 0 Å². The Morgan fingerprint density at radius 1 is 1.18 bits per heavy atom. The Bertz CT molecular complexity index is 366. The van der Waals surface area contributed by atoms with Crippen LogP contribution in [0, 0.1) is 5.92 Å². The van der Waals surface area contributed by atoms with Crippen molar-refractivity contribution < 1.29 is 0 Å². The van der Waals surface area contributed by atoms with Gasteiger partial charge in [0.25, 0.3) is 0 Å². The van der Waals surface area contributed by atoms with Gasteiger partial charge in [-0.25, -0.2) is 0 Å². The zero-order chi connectivity index (χ0) is 12.3. The first-order valence-electron chi connectivity index (χ1n) is 7.15. The predicted molar refractivity (Wildman–Crippen MR) is 74.3 cm³/mol. The molecule has 1 nitrogen and oxygen atoms in total. The predicted octanol–water partition coefficient (Wildman–Crippen LogP) is 3.87. The molecule has 0 aromatic heterocycles. The van der Waals surface area contributed by atoms with Crippen molar-refractivity contribution in [2.24, 2.45) is 5.92 Å². The van der Waals surface area contributed by atoms with E-state index in [9.17, 15) is 0 Å². The summed E-state index contributed by atoms with van der Waals surface area (Å²) in [6.45, 7) is 7.79. The third-order valence-corrected chi connectivity index (χ3v) is 3.85. The van der Waals surface area contributed by atoms with Crippen molar-refractivity contribution in [1.82, 2.24) is 5.32 Å². The molecule has 0 aliphatic heterocycles. The van der Waals surface area contributed by atoms with E-state index in [1.165, 1.54) is 24.0 Å². The molecule has 2 rings (SSSR count). The van der Waals surface area contributed by atoms with Gasteiger partial charge in [-0.1, -0.05) is 39.0 Å². The van der Waals surface area contributed by atoms with Crippen molar-refractivity contribution in [3.05, 3.63) is 34.9 Å². The molecule has 1 saturated carbocycles. The van der Waals surface area contributed by atoms with Gasteiger partial charge in [-0.3, -0.25) is 0 Å². The molecule has 1 atom stereocenters. The summed E-state index contributed by atoms with van der Waals surface area (Å²) in [6, 6.07) is 7.66. The fourth-order valence-corrected chi connectivity index (χ4v) is 2.66. The molecule has 1 heteroatoms. The van der Waals surface area contributed by atoms with Crippen LogP contribution in [0.5, 0.6) is 0 Å². The molecule has 17 heavy (non-hydrogen) atoms. The average molecular weight is 231 g/mol. The molecule has 0 radical (unpaired) electrons. The molecular weight excluding hydrogens is 206 g/mol. The molecule has 0 heterocycles. The van der Waals surface area contributed by atoms with Gasteiger partial charge >= 0.3 is 0 Å². The minimum Gasteiger partial charge on any atom is -0.310 e. The third-order valence-electron chi connectivity index (χ3n) is 3.85. The topological polar surface area (TPSA) is 12.0 Å². The summed E-state index contributed by atoms with van der Waals surface area (Å²) in [5, 5.41) is 3.69. The molecule has 1 N–H and O–H groups in total. The van der Waals surface area contributed by atoms with Crippen LogP contribution in [0.25, 0.3) is 0 Å². The summed E-state index contributed by atoms with van der Waals surface area (Å²) in [7, 11) is 0. The van der Waals surface area contributed by atoms with Crippen LogP contribution in [0.15, 0.2) is 18.2 Å². The highest BCUT2D eigenvalue weighted by atomic mass is 14.9. The first-order chi connectivity index (χ1) is 8.30. The number of hydrogen-bond acceptors (Lipinski definition) is 1. The second-order valence-corrected chi connectivity index (χ2v) is 5.11. The molecule has 0 bridgehead atoms. The van der Waals surface area contributed by atoms with Gasteiger partial charge in [-0.2, -0.15) is 0 Å². The molecule has 0 amide bonds. The summed E-state index contributed by atoms with van der Waals surface area (Å²) in [5.41, 5.74) is 4.57. The van der Waals surface area contributed by atoms with Gasteiger partial charge in [-0.05, 0) is 54.8 Å². The second kappa shape index (κ2) is 5.68. The largest absolute Gasteiger partial charge is 0.310 e. The molecule has 1 fully saturated rings. The van der Waals surface area contributed by atoms with E-state index in [4.69, 9.17) is 0 Å². The van der Waals surface area contributed by atoms with Crippen LogP contribution in [0.3, 0.4) is 0 Å². The Kier molecular flexibility index (Phi) is 4.22. The summed E-state index contributed by atoms with van der Waals surface area (Å²) < 4.78 is 0. The van der Waals surface area contributed by atoms with Crippen LogP contribution in [-0.2, 0) is 12.8 Å². The molecule has 1 aromatic carbocycles. The highest BCUT2D eigenvalue weighted by Crippen LogP contribution is 2.42. The van der Waals surface area contributed by atoms with Crippen LogP contribution in [-0.4, -0.2) is 6.54 Å². The lowest BCUT2D eigenvalue weighted by Gasteiger charge is -2.21. The van der Waals surface area contributed by atoms with E-state index in [2.05, 4.69) is 44.3 Å². The van der Waals surface area contributed by atoms with Crippen molar-refractivity contribution in [3.8, 4) is 0 Å². The first kappa shape index (κ1) is 12.6. The summed E-state index contributed by atoms with van der Waals surface area (Å²) >= 11 is 0. The minimum absolute atomic E-state index is 0.599. The standard InChI is InChI=1S/C16H25N/c1-4-12-7-8-13(5-2)15(11-12)16(17-6-3)14-9-10-14/h7-8,11,14,16-17H,4-6,9-10H2,1-3H3. The number of hydrogen-bond donors (Lipinski definition) is 1. The lowest BCUT2D eigenvalue weighted by molar-refractivity contribution is 0.492. The smallest absolute Gasteiger partial charge is 0.0351 e. The van der Waals surface area contributed by atoms with Gasteiger partial charge in [0.15, 0.2) is 0 Å². The van der Waals surface area contributed by atoms with Crippen LogP contribution >= 0.6 is 0 Å². The molecule has 1 aromatic rings. The van der Waals surface area contributed by atoms with Gasteiger partial charge in [-0.15, -0.1) is 0 Å². The molecule has 94 valence electrons. The van der Waals surface area contributed by atoms with Crippen LogP contribution in [0.2, 0.25) is 0 Å². The molecule has 0 spiro atoms. The Morgan fingerprint density at radius 3 is 2.47 bits per heavy atom. The Labute approximate surface area is 106 Å². The molecule has 1 unspecified atom stereocenters. The fourth-order valence-electron chi connectivity index (χ4n) is 2.66. The fraction of sp³-hybridized carbons (Fsp3) is 0.625. The summed E-state index contributed by atoms with van der Waals surface area (Å²) in [6.07, 6.45) is 5.09. The second-order valence-electron chi connectivity index (χ2n) is 5.11. The number of benzene rings is 1. The van der Waals surface area contributed by atoms with Crippen LogP contribution < -0.4 is 5.32 Å². The maximum absolute atomic E-state index is 3.69. The highest BCUT2D eigenvalue weighted by Gasteiger charge is 2.32. The van der Waals surface area contributed by atoms with Crippen LogP contribution in [0.1, 0.15) is 56.3 Å². The summed E-state index contributed by atoms with van der Waals surface area (Å²) in [4.78, 5) is 0. The van der Waals surface area contributed by atoms with E-state index < -0.39 is 0 Å². The van der Waals surface area contributed by atoms with E-state index in [0.717, 1.165) is 25.3 Å². The first-order valence-corrected chi connectivity index (χ1v) is 7.15. The van der Waals surface area contributed by atoms with E-state index in [1.807, 2.05) is 0 Å². The average Bonchev–Trinajstić information content (AvgIpc) is 3.19. The quantitative estimate of drug-likeness (QED) is 0.783. The van der Waals surface area contributed by atoms with Crippen molar-refractivity contribution in [1.29, 1.82) is 0 Å². The third kappa shape index (κ3) is 2.90. The van der Waals surface area contributed by atoms with E-state index in [-0.39, 0.29) is 0 Å². The zero-order valence-corrected chi connectivity index (χ0v) is 11.4. The number of nitrogens with one attached hydrogen (secondary N) is 1. The number of aryl methyl sites for hydroxylation is 2. The van der Waals surface area contributed by atoms with Crippen molar-refractivity contribution >= 4 is 0 Å². The SMILES string of the molecule is CCNC(c1cc(CC)ccc1CC)C1CC1. The normalized spacial score (nSPS) is 17.1. The Balaban J connectivity index is 2.31. The number of rotatable bonds is 6. The van der Waals surface area contributed by atoms with E-state index in [0.29, 0.717) is 6.04 Å².